The Labute approximate surface area is 187 Å². The van der Waals surface area contributed by atoms with Gasteiger partial charge in [0.15, 0.2) is 11.9 Å². The fourth-order valence-corrected chi connectivity index (χ4v) is 5.51. The van der Waals surface area contributed by atoms with Crippen molar-refractivity contribution in [2.24, 2.45) is 5.92 Å². The van der Waals surface area contributed by atoms with Crippen molar-refractivity contribution in [2.75, 3.05) is 19.7 Å². The highest BCUT2D eigenvalue weighted by atomic mass is 32.2. The molecule has 1 aliphatic heterocycles. The van der Waals surface area contributed by atoms with Crippen LogP contribution in [0.15, 0.2) is 33.7 Å². The van der Waals surface area contributed by atoms with Gasteiger partial charge in [-0.25, -0.2) is 8.42 Å². The number of ether oxygens (including phenoxy) is 2. The number of aryl methyl sites for hydroxylation is 2. The first-order valence-electron chi connectivity index (χ1n) is 10.6. The summed E-state index contributed by atoms with van der Waals surface area (Å²) in [5.74, 6) is -0.370. The standard InChI is InChI=1S/C22H28N2O7S/c1-5-29-19-8-6-17(7-9-19)20(25)15(3)30-22(26)18-10-12-24(13-11-18)32(27,28)21-14(2)23-31-16(21)4/h6-9,15,18H,5,10-13H2,1-4H3. The van der Waals surface area contributed by atoms with E-state index in [9.17, 15) is 18.0 Å². The third-order valence-corrected chi connectivity index (χ3v) is 7.61. The number of Topliss-reactive ketones (excluding diaryl/α,β-unsaturated/α-hetero) is 1. The van der Waals surface area contributed by atoms with Crippen LogP contribution in [0.5, 0.6) is 5.75 Å². The summed E-state index contributed by atoms with van der Waals surface area (Å²) < 4.78 is 42.9. The summed E-state index contributed by atoms with van der Waals surface area (Å²) in [4.78, 5) is 25.3. The van der Waals surface area contributed by atoms with E-state index < -0.39 is 28.0 Å². The second-order valence-corrected chi connectivity index (χ2v) is 9.61. The molecule has 10 heteroatoms. The number of esters is 1. The number of benzene rings is 1. The second kappa shape index (κ2) is 9.83. The van der Waals surface area contributed by atoms with Gasteiger partial charge in [0.1, 0.15) is 16.3 Å². The first-order valence-corrected chi connectivity index (χ1v) is 12.0. The van der Waals surface area contributed by atoms with Crippen LogP contribution in [0.3, 0.4) is 0 Å². The molecule has 174 valence electrons. The monoisotopic (exact) mass is 464 g/mol. The van der Waals surface area contributed by atoms with Crippen molar-refractivity contribution in [3.8, 4) is 5.75 Å². The minimum Gasteiger partial charge on any atom is -0.494 e. The normalized spacial score (nSPS) is 16.5. The van der Waals surface area contributed by atoms with E-state index in [-0.39, 0.29) is 29.5 Å². The number of hydrogen-bond donors (Lipinski definition) is 0. The minimum atomic E-state index is -3.75. The maximum absolute atomic E-state index is 12.9. The average molecular weight is 465 g/mol. The molecule has 0 aliphatic carbocycles. The topological polar surface area (TPSA) is 116 Å². The van der Waals surface area contributed by atoms with Crippen LogP contribution in [0.4, 0.5) is 0 Å². The number of carbonyl (C=O) groups excluding carboxylic acids is 2. The third-order valence-electron chi connectivity index (χ3n) is 5.46. The Hall–Kier alpha value is -2.72. The average Bonchev–Trinajstić information content (AvgIpc) is 3.12. The van der Waals surface area contributed by atoms with Crippen molar-refractivity contribution in [1.29, 1.82) is 0 Å². The smallest absolute Gasteiger partial charge is 0.309 e. The number of carbonyl (C=O) groups is 2. The van der Waals surface area contributed by atoms with Crippen molar-refractivity contribution < 1.29 is 32.0 Å². The zero-order chi connectivity index (χ0) is 23.5. The lowest BCUT2D eigenvalue weighted by Crippen LogP contribution is -2.41. The molecule has 0 saturated carbocycles. The molecule has 2 heterocycles. The molecule has 1 fully saturated rings. The Bertz CT molecular complexity index is 1050. The zero-order valence-corrected chi connectivity index (χ0v) is 19.5. The maximum atomic E-state index is 12.9. The Kier molecular flexibility index (Phi) is 7.35. The molecule has 1 atom stereocenters. The predicted octanol–water partition coefficient (Wildman–Crippen LogP) is 2.91. The van der Waals surface area contributed by atoms with E-state index in [4.69, 9.17) is 14.0 Å². The van der Waals surface area contributed by atoms with Crippen LogP contribution in [-0.4, -0.2) is 55.4 Å². The van der Waals surface area contributed by atoms with Crippen LogP contribution >= 0.6 is 0 Å². The number of nitrogens with zero attached hydrogens (tertiary/aromatic N) is 2. The molecule has 0 amide bonds. The van der Waals surface area contributed by atoms with Crippen LogP contribution in [0.25, 0.3) is 0 Å². The first kappa shape index (κ1) is 23.9. The molecular weight excluding hydrogens is 436 g/mol. The summed E-state index contributed by atoms with van der Waals surface area (Å²) >= 11 is 0. The minimum absolute atomic E-state index is 0.0769. The molecule has 0 N–H and O–H groups in total. The van der Waals surface area contributed by atoms with E-state index in [0.29, 0.717) is 36.5 Å². The number of piperidine rings is 1. The highest BCUT2D eigenvalue weighted by Gasteiger charge is 2.36. The highest BCUT2D eigenvalue weighted by Crippen LogP contribution is 2.28. The van der Waals surface area contributed by atoms with E-state index in [1.165, 1.54) is 11.2 Å². The Morgan fingerprint density at radius 1 is 1.19 bits per heavy atom. The predicted molar refractivity (Wildman–Crippen MR) is 115 cm³/mol. The molecule has 1 aliphatic rings. The molecule has 0 spiro atoms. The molecule has 9 nitrogen and oxygen atoms in total. The Morgan fingerprint density at radius 3 is 2.34 bits per heavy atom. The van der Waals surface area contributed by atoms with Crippen LogP contribution in [-0.2, 0) is 19.6 Å². The van der Waals surface area contributed by atoms with Gasteiger partial charge in [-0.2, -0.15) is 4.31 Å². The van der Waals surface area contributed by atoms with Gasteiger partial charge < -0.3 is 14.0 Å². The fraction of sp³-hybridized carbons (Fsp3) is 0.500. The molecule has 0 bridgehead atoms. The van der Waals surface area contributed by atoms with Gasteiger partial charge in [-0.05, 0) is 64.8 Å². The molecule has 1 saturated heterocycles. The molecule has 3 rings (SSSR count). The third kappa shape index (κ3) is 5.02. The summed E-state index contributed by atoms with van der Waals surface area (Å²) in [5, 5.41) is 3.71. The van der Waals surface area contributed by atoms with Crippen molar-refractivity contribution in [2.45, 2.75) is 51.5 Å². The summed E-state index contributed by atoms with van der Waals surface area (Å²) in [6.07, 6.45) is -0.318. The summed E-state index contributed by atoms with van der Waals surface area (Å²) in [6.45, 7) is 7.42. The number of hydrogen-bond acceptors (Lipinski definition) is 8. The van der Waals surface area contributed by atoms with Gasteiger partial charge in [0.25, 0.3) is 0 Å². The van der Waals surface area contributed by atoms with E-state index in [1.807, 2.05) is 6.92 Å². The lowest BCUT2D eigenvalue weighted by atomic mass is 9.98. The second-order valence-electron chi connectivity index (χ2n) is 7.73. The van der Waals surface area contributed by atoms with Crippen LogP contribution < -0.4 is 4.74 Å². The largest absolute Gasteiger partial charge is 0.494 e. The Morgan fingerprint density at radius 2 is 1.81 bits per heavy atom. The van der Waals surface area contributed by atoms with E-state index in [0.717, 1.165) is 0 Å². The molecule has 1 aromatic carbocycles. The van der Waals surface area contributed by atoms with E-state index >= 15 is 0 Å². The molecule has 32 heavy (non-hydrogen) atoms. The van der Waals surface area contributed by atoms with Crippen LogP contribution in [0.2, 0.25) is 0 Å². The quantitative estimate of drug-likeness (QED) is 0.432. The van der Waals surface area contributed by atoms with Crippen LogP contribution in [0, 0.1) is 19.8 Å². The Balaban J connectivity index is 1.56. The fourth-order valence-electron chi connectivity index (χ4n) is 3.74. The molecule has 1 aromatic heterocycles. The first-order chi connectivity index (χ1) is 15.1. The molecule has 2 aromatic rings. The van der Waals surface area contributed by atoms with Gasteiger partial charge in [-0.1, -0.05) is 5.16 Å². The molecule has 1 unspecified atom stereocenters. The number of rotatable bonds is 8. The lowest BCUT2D eigenvalue weighted by molar-refractivity contribution is -0.152. The van der Waals surface area contributed by atoms with Crippen molar-refractivity contribution >= 4 is 21.8 Å². The van der Waals surface area contributed by atoms with Gasteiger partial charge in [0.05, 0.1) is 12.5 Å². The van der Waals surface area contributed by atoms with Crippen molar-refractivity contribution in [1.82, 2.24) is 9.46 Å². The van der Waals surface area contributed by atoms with Gasteiger partial charge in [-0.15, -0.1) is 0 Å². The number of aromatic nitrogens is 1. The van der Waals surface area contributed by atoms with E-state index in [1.54, 1.807) is 38.1 Å². The van der Waals surface area contributed by atoms with Gasteiger partial charge in [0, 0.05) is 18.7 Å². The van der Waals surface area contributed by atoms with Crippen LogP contribution in [0.1, 0.15) is 48.5 Å². The summed E-state index contributed by atoms with van der Waals surface area (Å²) in [6, 6.07) is 6.66. The van der Waals surface area contributed by atoms with Crippen molar-refractivity contribution in [3.05, 3.63) is 41.3 Å². The highest BCUT2D eigenvalue weighted by molar-refractivity contribution is 7.89. The van der Waals surface area contributed by atoms with Gasteiger partial charge in [-0.3, -0.25) is 9.59 Å². The summed E-state index contributed by atoms with van der Waals surface area (Å²) in [7, 11) is -3.75. The molecular formula is C22H28N2O7S. The zero-order valence-electron chi connectivity index (χ0n) is 18.7. The maximum Gasteiger partial charge on any atom is 0.309 e. The SMILES string of the molecule is CCOc1ccc(C(=O)C(C)OC(=O)C2CCN(S(=O)(=O)c3c(C)noc3C)CC2)cc1. The summed E-state index contributed by atoms with van der Waals surface area (Å²) in [5.41, 5.74) is 0.736. The van der Waals surface area contributed by atoms with Crippen molar-refractivity contribution in [3.63, 3.8) is 0 Å². The van der Waals surface area contributed by atoms with Gasteiger partial charge in [0.2, 0.25) is 15.8 Å². The number of sulfonamides is 1. The van der Waals surface area contributed by atoms with E-state index in [2.05, 4.69) is 5.16 Å². The number of ketones is 1. The lowest BCUT2D eigenvalue weighted by Gasteiger charge is -2.30. The van der Waals surface area contributed by atoms with Gasteiger partial charge >= 0.3 is 5.97 Å². The molecule has 0 radical (unpaired) electrons.